The molecule has 1 aromatic carbocycles. The van der Waals surface area contributed by atoms with E-state index in [4.69, 9.17) is 0 Å². The highest BCUT2D eigenvalue weighted by molar-refractivity contribution is 5.99. The Hall–Kier alpha value is -2.05. The third-order valence-electron chi connectivity index (χ3n) is 3.19. The van der Waals surface area contributed by atoms with Gasteiger partial charge in [0.1, 0.15) is 0 Å². The van der Waals surface area contributed by atoms with E-state index in [0.717, 1.165) is 12.1 Å². The first-order chi connectivity index (χ1) is 9.81. The van der Waals surface area contributed by atoms with Crippen LogP contribution in [0.4, 0.5) is 18.9 Å². The lowest BCUT2D eigenvalue weighted by Crippen LogP contribution is -2.32. The van der Waals surface area contributed by atoms with Crippen LogP contribution in [0.25, 0.3) is 0 Å². The van der Waals surface area contributed by atoms with Crippen molar-refractivity contribution in [2.75, 3.05) is 5.32 Å². The van der Waals surface area contributed by atoms with Gasteiger partial charge < -0.3 is 10.6 Å². The molecular formula is C14H15F3N2O2. The molecule has 2 N–H and O–H groups in total. The molecule has 0 aliphatic heterocycles. The predicted octanol–water partition coefficient (Wildman–Crippen LogP) is 2.20. The lowest BCUT2D eigenvalue weighted by Gasteiger charge is -2.09. The lowest BCUT2D eigenvalue weighted by atomic mass is 10.2. The van der Waals surface area contributed by atoms with Crippen LogP contribution in [0.3, 0.4) is 0 Å². The molecule has 0 heterocycles. The zero-order chi connectivity index (χ0) is 15.7. The van der Waals surface area contributed by atoms with Crippen LogP contribution < -0.4 is 10.6 Å². The van der Waals surface area contributed by atoms with E-state index in [1.807, 2.05) is 0 Å². The molecule has 0 bridgehead atoms. The van der Waals surface area contributed by atoms with Crippen molar-refractivity contribution in [2.45, 2.75) is 26.3 Å². The molecule has 7 heteroatoms. The third kappa shape index (κ3) is 3.34. The van der Waals surface area contributed by atoms with E-state index in [1.165, 1.54) is 0 Å². The van der Waals surface area contributed by atoms with Gasteiger partial charge in [-0.1, -0.05) is 0 Å². The molecule has 4 nitrogen and oxygen atoms in total. The minimum atomic E-state index is -1.64. The van der Waals surface area contributed by atoms with Crippen molar-refractivity contribution < 1.29 is 22.8 Å². The van der Waals surface area contributed by atoms with Gasteiger partial charge in [-0.05, 0) is 32.4 Å². The number of nitrogens with one attached hydrogen (secondary N) is 2. The Morgan fingerprint density at radius 2 is 1.71 bits per heavy atom. The maximum atomic E-state index is 13.4. The molecule has 1 fully saturated rings. The van der Waals surface area contributed by atoms with E-state index in [9.17, 15) is 22.8 Å². The summed E-state index contributed by atoms with van der Waals surface area (Å²) in [6.07, 6.45) is 0.357. The first kappa shape index (κ1) is 15.3. The van der Waals surface area contributed by atoms with Crippen molar-refractivity contribution in [3.8, 4) is 0 Å². The molecule has 1 saturated carbocycles. The van der Waals surface area contributed by atoms with Crippen LogP contribution in [0.15, 0.2) is 12.1 Å². The second-order valence-electron chi connectivity index (χ2n) is 5.32. The number of carbonyl (C=O) groups excluding carboxylic acids is 2. The Labute approximate surface area is 119 Å². The van der Waals surface area contributed by atoms with Gasteiger partial charge in [0.2, 0.25) is 11.8 Å². The molecule has 2 amide bonds. The largest absolute Gasteiger partial charge is 0.354 e. The Balaban J connectivity index is 1.98. The highest BCUT2D eigenvalue weighted by atomic mass is 19.2. The van der Waals surface area contributed by atoms with Crippen LogP contribution >= 0.6 is 0 Å². The van der Waals surface area contributed by atoms with Crippen LogP contribution in [0.1, 0.15) is 20.3 Å². The van der Waals surface area contributed by atoms with Gasteiger partial charge in [-0.2, -0.15) is 0 Å². The summed E-state index contributed by atoms with van der Waals surface area (Å²) in [5, 5.41) is 4.86. The first-order valence-corrected chi connectivity index (χ1v) is 6.56. The average Bonchev–Trinajstić information content (AvgIpc) is 3.19. The molecular weight excluding hydrogens is 285 g/mol. The predicted molar refractivity (Wildman–Crippen MR) is 69.8 cm³/mol. The number of hydrogen-bond acceptors (Lipinski definition) is 2. The van der Waals surface area contributed by atoms with Crippen molar-refractivity contribution >= 4 is 17.5 Å². The van der Waals surface area contributed by atoms with E-state index >= 15 is 0 Å². The molecule has 1 aliphatic rings. The fraction of sp³-hybridized carbons (Fsp3) is 0.429. The molecule has 2 rings (SSSR count). The van der Waals surface area contributed by atoms with Crippen molar-refractivity contribution in [1.29, 1.82) is 0 Å². The summed E-state index contributed by atoms with van der Waals surface area (Å²) < 4.78 is 39.2. The van der Waals surface area contributed by atoms with Gasteiger partial charge in [-0.3, -0.25) is 9.59 Å². The molecule has 1 aromatic rings. The van der Waals surface area contributed by atoms with Gasteiger partial charge in [0.25, 0.3) is 0 Å². The molecule has 0 aromatic heterocycles. The number of halogens is 3. The van der Waals surface area contributed by atoms with E-state index < -0.39 is 40.9 Å². The van der Waals surface area contributed by atoms with Crippen molar-refractivity contribution in [1.82, 2.24) is 5.32 Å². The van der Waals surface area contributed by atoms with Gasteiger partial charge in [-0.25, -0.2) is 13.2 Å². The monoisotopic (exact) mass is 300 g/mol. The summed E-state index contributed by atoms with van der Waals surface area (Å²) in [5.41, 5.74) is -0.436. The second kappa shape index (κ2) is 5.75. The molecule has 21 heavy (non-hydrogen) atoms. The van der Waals surface area contributed by atoms with E-state index in [-0.39, 0.29) is 11.9 Å². The summed E-state index contributed by atoms with van der Waals surface area (Å²) in [4.78, 5) is 23.5. The molecule has 114 valence electrons. The van der Waals surface area contributed by atoms with Crippen LogP contribution in [0.5, 0.6) is 0 Å². The molecule has 2 unspecified atom stereocenters. The first-order valence-electron chi connectivity index (χ1n) is 6.56. The summed E-state index contributed by atoms with van der Waals surface area (Å²) in [5.74, 6) is -6.27. The minimum Gasteiger partial charge on any atom is -0.354 e. The normalized spacial score (nSPS) is 20.3. The smallest absolute Gasteiger partial charge is 0.228 e. The second-order valence-corrected chi connectivity index (χ2v) is 5.32. The standard InChI is InChI=1S/C14H15F3N2O2/c1-6(2)18-13(20)7-5-8(7)14(21)19-10-4-3-9(15)11(16)12(10)17/h3-4,6-8H,5H2,1-2H3,(H,18,20)(H,19,21). The fourth-order valence-electron chi connectivity index (χ4n) is 2.01. The number of amides is 2. The Morgan fingerprint density at radius 3 is 2.33 bits per heavy atom. The molecule has 0 saturated heterocycles. The van der Waals surface area contributed by atoms with E-state index in [2.05, 4.69) is 10.6 Å². The third-order valence-corrected chi connectivity index (χ3v) is 3.19. The van der Waals surface area contributed by atoms with Crippen molar-refractivity contribution in [3.63, 3.8) is 0 Å². The quantitative estimate of drug-likeness (QED) is 0.838. The van der Waals surface area contributed by atoms with E-state index in [0.29, 0.717) is 6.42 Å². The molecule has 2 atom stereocenters. The zero-order valence-corrected chi connectivity index (χ0v) is 11.5. The molecule has 1 aliphatic carbocycles. The summed E-state index contributed by atoms with van der Waals surface area (Å²) >= 11 is 0. The van der Waals surface area contributed by atoms with Gasteiger partial charge in [-0.15, -0.1) is 0 Å². The zero-order valence-electron chi connectivity index (χ0n) is 11.5. The Bertz CT molecular complexity index is 590. The van der Waals surface area contributed by atoms with E-state index in [1.54, 1.807) is 13.8 Å². The summed E-state index contributed by atoms with van der Waals surface area (Å²) in [6.45, 7) is 3.60. The van der Waals surface area contributed by atoms with Gasteiger partial charge >= 0.3 is 0 Å². The van der Waals surface area contributed by atoms with Crippen LogP contribution in [-0.4, -0.2) is 17.9 Å². The highest BCUT2D eigenvalue weighted by Gasteiger charge is 2.48. The number of anilines is 1. The maximum Gasteiger partial charge on any atom is 0.228 e. The number of carbonyl (C=O) groups is 2. The van der Waals surface area contributed by atoms with Crippen LogP contribution in [-0.2, 0) is 9.59 Å². The van der Waals surface area contributed by atoms with Gasteiger partial charge in [0, 0.05) is 6.04 Å². The van der Waals surface area contributed by atoms with Gasteiger partial charge in [0.15, 0.2) is 17.5 Å². The molecule has 0 radical (unpaired) electrons. The fourth-order valence-corrected chi connectivity index (χ4v) is 2.01. The Morgan fingerprint density at radius 1 is 1.10 bits per heavy atom. The topological polar surface area (TPSA) is 58.2 Å². The number of benzene rings is 1. The lowest BCUT2D eigenvalue weighted by molar-refractivity contribution is -0.125. The number of hydrogen-bond donors (Lipinski definition) is 2. The van der Waals surface area contributed by atoms with Crippen LogP contribution in [0.2, 0.25) is 0 Å². The van der Waals surface area contributed by atoms with Crippen LogP contribution in [0, 0.1) is 29.3 Å². The Kier molecular flexibility index (Phi) is 4.20. The average molecular weight is 300 g/mol. The maximum absolute atomic E-state index is 13.4. The molecule has 0 spiro atoms. The summed E-state index contributed by atoms with van der Waals surface area (Å²) in [6, 6.07) is 1.63. The van der Waals surface area contributed by atoms with Crippen molar-refractivity contribution in [2.24, 2.45) is 11.8 Å². The van der Waals surface area contributed by atoms with Crippen molar-refractivity contribution in [3.05, 3.63) is 29.6 Å². The number of rotatable bonds is 4. The van der Waals surface area contributed by atoms with Gasteiger partial charge in [0.05, 0.1) is 17.5 Å². The minimum absolute atomic E-state index is 0.0366. The summed E-state index contributed by atoms with van der Waals surface area (Å²) in [7, 11) is 0. The highest BCUT2D eigenvalue weighted by Crippen LogP contribution is 2.39. The SMILES string of the molecule is CC(C)NC(=O)C1CC1C(=O)Nc1ccc(F)c(F)c1F.